The number of aromatic nitrogens is 2. The van der Waals surface area contributed by atoms with Crippen LogP contribution in [0, 0.1) is 5.82 Å². The molecule has 1 aromatic carbocycles. The number of carbonyl (C=O) groups excluding carboxylic acids is 1. The predicted molar refractivity (Wildman–Crippen MR) is 86.7 cm³/mol. The van der Waals surface area contributed by atoms with E-state index in [9.17, 15) is 9.18 Å². The van der Waals surface area contributed by atoms with Crippen molar-refractivity contribution in [1.82, 2.24) is 15.1 Å². The molecule has 1 aliphatic heterocycles. The number of methoxy groups -OCH3 is 1. The third kappa shape index (κ3) is 2.28. The van der Waals surface area contributed by atoms with Crippen molar-refractivity contribution in [3.05, 3.63) is 47.0 Å². The SMILES string of the molecule is COc1ccc(C(=O)N2CCCC3(CCc4cn[nH]c43)C2)cc1F. The van der Waals surface area contributed by atoms with Gasteiger partial charge in [-0.05, 0) is 49.4 Å². The van der Waals surface area contributed by atoms with Gasteiger partial charge in [-0.2, -0.15) is 5.10 Å². The Hall–Kier alpha value is -2.37. The van der Waals surface area contributed by atoms with E-state index in [2.05, 4.69) is 10.2 Å². The van der Waals surface area contributed by atoms with Gasteiger partial charge in [-0.25, -0.2) is 4.39 Å². The number of piperidine rings is 1. The summed E-state index contributed by atoms with van der Waals surface area (Å²) in [5.41, 5.74) is 2.79. The number of ether oxygens (including phenoxy) is 1. The van der Waals surface area contributed by atoms with Gasteiger partial charge in [-0.1, -0.05) is 0 Å². The van der Waals surface area contributed by atoms with E-state index >= 15 is 0 Å². The minimum absolute atomic E-state index is 0.0231. The van der Waals surface area contributed by atoms with Gasteiger partial charge < -0.3 is 9.64 Å². The molecule has 1 spiro atoms. The average molecular weight is 329 g/mol. The maximum atomic E-state index is 13.9. The summed E-state index contributed by atoms with van der Waals surface area (Å²) in [6, 6.07) is 4.39. The van der Waals surface area contributed by atoms with Gasteiger partial charge in [0, 0.05) is 29.8 Å². The van der Waals surface area contributed by atoms with Crippen LogP contribution in [0.25, 0.3) is 0 Å². The molecule has 2 heterocycles. The fourth-order valence-electron chi connectivity index (χ4n) is 4.15. The molecule has 2 aliphatic rings. The van der Waals surface area contributed by atoms with Gasteiger partial charge in [0.25, 0.3) is 5.91 Å². The summed E-state index contributed by atoms with van der Waals surface area (Å²) in [6.07, 6.45) is 5.94. The molecule has 1 fully saturated rings. The summed E-state index contributed by atoms with van der Waals surface area (Å²) in [4.78, 5) is 14.7. The third-order valence-corrected chi connectivity index (χ3v) is 5.38. The standard InChI is InChI=1S/C18H20FN3O2/c1-24-15-4-3-12(9-14(15)19)17(23)22-8-2-6-18(11-22)7-5-13-10-20-21-16(13)18/h3-4,9-10H,2,5-8,11H2,1H3,(H,20,21). The number of benzene rings is 1. The first kappa shape index (κ1) is 15.2. The molecule has 1 aliphatic carbocycles. The number of nitrogens with one attached hydrogen (secondary N) is 1. The predicted octanol–water partition coefficient (Wildman–Crippen LogP) is 2.68. The van der Waals surface area contributed by atoms with Gasteiger partial charge in [0.1, 0.15) is 0 Å². The van der Waals surface area contributed by atoms with Crippen LogP contribution in [-0.2, 0) is 11.8 Å². The zero-order valence-corrected chi connectivity index (χ0v) is 13.6. The van der Waals surface area contributed by atoms with Crippen molar-refractivity contribution in [1.29, 1.82) is 0 Å². The lowest BCUT2D eigenvalue weighted by atomic mass is 9.77. The Labute approximate surface area is 139 Å². The molecule has 126 valence electrons. The fraction of sp³-hybridized carbons (Fsp3) is 0.444. The number of fused-ring (bicyclic) bond motifs is 2. The Bertz CT molecular complexity index is 788. The zero-order chi connectivity index (χ0) is 16.7. The maximum absolute atomic E-state index is 13.9. The van der Waals surface area contributed by atoms with Gasteiger partial charge in [0.05, 0.1) is 13.3 Å². The normalized spacial score (nSPS) is 22.7. The molecule has 1 amide bonds. The Balaban J connectivity index is 1.59. The molecule has 0 saturated carbocycles. The highest BCUT2D eigenvalue weighted by Gasteiger charge is 2.44. The molecule has 6 heteroatoms. The molecule has 24 heavy (non-hydrogen) atoms. The number of H-pyrrole nitrogens is 1. The number of hydrogen-bond donors (Lipinski definition) is 1. The quantitative estimate of drug-likeness (QED) is 0.921. The van der Waals surface area contributed by atoms with E-state index in [0.29, 0.717) is 18.7 Å². The van der Waals surface area contributed by atoms with E-state index in [1.165, 1.54) is 30.5 Å². The Morgan fingerprint density at radius 2 is 2.29 bits per heavy atom. The third-order valence-electron chi connectivity index (χ3n) is 5.38. The molecule has 1 unspecified atom stereocenters. The highest BCUT2D eigenvalue weighted by molar-refractivity contribution is 5.94. The molecule has 1 N–H and O–H groups in total. The highest BCUT2D eigenvalue weighted by Crippen LogP contribution is 2.44. The number of rotatable bonds is 2. The number of aryl methyl sites for hydroxylation is 1. The van der Waals surface area contributed by atoms with E-state index in [1.807, 2.05) is 11.1 Å². The minimum atomic E-state index is -0.508. The summed E-state index contributed by atoms with van der Waals surface area (Å²) in [7, 11) is 1.41. The van der Waals surface area contributed by atoms with Crippen LogP contribution in [0.4, 0.5) is 4.39 Å². The maximum Gasteiger partial charge on any atom is 0.253 e. The second-order valence-electron chi connectivity index (χ2n) is 6.73. The van der Waals surface area contributed by atoms with Crippen LogP contribution in [0.15, 0.2) is 24.4 Å². The van der Waals surface area contributed by atoms with Crippen LogP contribution in [0.3, 0.4) is 0 Å². The summed E-state index contributed by atoms with van der Waals surface area (Å²) in [6.45, 7) is 1.37. The van der Waals surface area contributed by atoms with Crippen molar-refractivity contribution < 1.29 is 13.9 Å². The van der Waals surface area contributed by atoms with E-state index in [1.54, 1.807) is 6.07 Å². The van der Waals surface area contributed by atoms with E-state index in [0.717, 1.165) is 25.7 Å². The van der Waals surface area contributed by atoms with Crippen molar-refractivity contribution in [3.8, 4) is 5.75 Å². The summed E-state index contributed by atoms with van der Waals surface area (Å²) in [5.74, 6) is -0.477. The Morgan fingerprint density at radius 3 is 3.08 bits per heavy atom. The van der Waals surface area contributed by atoms with Gasteiger partial charge in [0.2, 0.25) is 0 Å². The zero-order valence-electron chi connectivity index (χ0n) is 13.6. The van der Waals surface area contributed by atoms with Crippen molar-refractivity contribution in [2.24, 2.45) is 0 Å². The topological polar surface area (TPSA) is 58.2 Å². The first-order chi connectivity index (χ1) is 11.6. The monoisotopic (exact) mass is 329 g/mol. The lowest BCUT2D eigenvalue weighted by Gasteiger charge is -2.40. The molecule has 0 bridgehead atoms. The molecule has 0 radical (unpaired) electrons. The van der Waals surface area contributed by atoms with Crippen LogP contribution >= 0.6 is 0 Å². The van der Waals surface area contributed by atoms with Gasteiger partial charge >= 0.3 is 0 Å². The number of likely N-dealkylation sites (tertiary alicyclic amines) is 1. The first-order valence-electron chi connectivity index (χ1n) is 8.28. The summed E-state index contributed by atoms with van der Waals surface area (Å²) >= 11 is 0. The number of amides is 1. The molecule has 2 aromatic rings. The Kier molecular flexibility index (Phi) is 3.55. The van der Waals surface area contributed by atoms with Crippen LogP contribution in [-0.4, -0.2) is 41.2 Å². The average Bonchev–Trinajstić information content (AvgIpc) is 3.19. The van der Waals surface area contributed by atoms with Crippen molar-refractivity contribution in [3.63, 3.8) is 0 Å². The first-order valence-corrected chi connectivity index (χ1v) is 8.28. The van der Waals surface area contributed by atoms with Crippen molar-refractivity contribution in [2.75, 3.05) is 20.2 Å². The number of carbonyl (C=O) groups is 1. The van der Waals surface area contributed by atoms with Crippen molar-refractivity contribution in [2.45, 2.75) is 31.1 Å². The van der Waals surface area contributed by atoms with Crippen LogP contribution in [0.2, 0.25) is 0 Å². The van der Waals surface area contributed by atoms with Crippen LogP contribution in [0.5, 0.6) is 5.75 Å². The van der Waals surface area contributed by atoms with E-state index < -0.39 is 5.82 Å². The van der Waals surface area contributed by atoms with E-state index in [4.69, 9.17) is 4.74 Å². The van der Waals surface area contributed by atoms with Crippen LogP contribution < -0.4 is 4.74 Å². The van der Waals surface area contributed by atoms with Gasteiger partial charge in [-0.15, -0.1) is 0 Å². The van der Waals surface area contributed by atoms with E-state index in [-0.39, 0.29) is 17.1 Å². The molecular weight excluding hydrogens is 309 g/mol. The minimum Gasteiger partial charge on any atom is -0.494 e. The second kappa shape index (κ2) is 5.61. The largest absolute Gasteiger partial charge is 0.494 e. The highest BCUT2D eigenvalue weighted by atomic mass is 19.1. The number of nitrogens with zero attached hydrogens (tertiary/aromatic N) is 2. The van der Waals surface area contributed by atoms with Gasteiger partial charge in [-0.3, -0.25) is 9.89 Å². The molecule has 5 nitrogen and oxygen atoms in total. The number of hydrogen-bond acceptors (Lipinski definition) is 3. The Morgan fingerprint density at radius 1 is 1.42 bits per heavy atom. The number of aromatic amines is 1. The lowest BCUT2D eigenvalue weighted by Crippen LogP contribution is -2.47. The molecule has 1 aromatic heterocycles. The molecule has 1 saturated heterocycles. The molecule has 4 rings (SSSR count). The molecular formula is C18H20FN3O2. The van der Waals surface area contributed by atoms with Gasteiger partial charge in [0.15, 0.2) is 11.6 Å². The lowest BCUT2D eigenvalue weighted by molar-refractivity contribution is 0.0632. The van der Waals surface area contributed by atoms with Crippen LogP contribution in [0.1, 0.15) is 40.9 Å². The van der Waals surface area contributed by atoms with Crippen molar-refractivity contribution >= 4 is 5.91 Å². The smallest absolute Gasteiger partial charge is 0.253 e. The fourth-order valence-corrected chi connectivity index (χ4v) is 4.15. The summed E-state index contributed by atoms with van der Waals surface area (Å²) < 4.78 is 18.8. The number of halogens is 1. The molecule has 1 atom stereocenters. The second-order valence-corrected chi connectivity index (χ2v) is 6.73. The summed E-state index contributed by atoms with van der Waals surface area (Å²) in [5, 5.41) is 7.30.